The topological polar surface area (TPSA) is 99.4 Å². The van der Waals surface area contributed by atoms with Gasteiger partial charge in [-0.05, 0) is 24.3 Å². The fourth-order valence-electron chi connectivity index (χ4n) is 2.26. The molecule has 2 heterocycles. The van der Waals surface area contributed by atoms with E-state index in [1.807, 2.05) is 0 Å². The Labute approximate surface area is 179 Å². The highest BCUT2D eigenvalue weighted by molar-refractivity contribution is 7.18. The summed E-state index contributed by atoms with van der Waals surface area (Å²) in [5.74, 6) is -1.62. The number of nitrogens with one attached hydrogen (secondary N) is 1. The third kappa shape index (κ3) is 5.92. The number of rotatable bonds is 7. The van der Waals surface area contributed by atoms with E-state index in [9.17, 15) is 26.7 Å². The van der Waals surface area contributed by atoms with Gasteiger partial charge in [-0.15, -0.1) is 13.2 Å². The number of ether oxygens (including phenoxy) is 2. The Hall–Kier alpha value is -3.19. The van der Waals surface area contributed by atoms with Crippen LogP contribution < -0.4 is 20.5 Å². The molecule has 0 unspecified atom stereocenters. The number of halogens is 6. The zero-order chi connectivity index (χ0) is 22.8. The number of nitrogen functional groups attached to an aromatic ring is 1. The lowest BCUT2D eigenvalue weighted by atomic mass is 10.1. The number of ketones is 1. The smallest absolute Gasteiger partial charge is 0.417 e. The molecule has 0 radical (unpaired) electrons. The van der Waals surface area contributed by atoms with Gasteiger partial charge in [-0.1, -0.05) is 22.9 Å². The molecular formula is C17H10ClF5N4O3S. The maximum atomic E-state index is 12.6. The molecule has 31 heavy (non-hydrogen) atoms. The summed E-state index contributed by atoms with van der Waals surface area (Å²) in [7, 11) is 0. The molecule has 3 rings (SSSR count). The third-order valence-corrected chi connectivity index (χ3v) is 4.76. The summed E-state index contributed by atoms with van der Waals surface area (Å²) in [6.07, 6.45) is -3.85. The van der Waals surface area contributed by atoms with Crippen LogP contribution in [0, 0.1) is 0 Å². The van der Waals surface area contributed by atoms with Gasteiger partial charge in [-0.25, -0.2) is 9.97 Å². The molecule has 0 amide bonds. The molecule has 0 saturated heterocycles. The van der Waals surface area contributed by atoms with Crippen molar-refractivity contribution in [3.63, 3.8) is 0 Å². The molecule has 7 nitrogen and oxygen atoms in total. The Bertz CT molecular complexity index is 1090. The highest BCUT2D eigenvalue weighted by atomic mass is 35.5. The van der Waals surface area contributed by atoms with Crippen LogP contribution in [0.1, 0.15) is 15.2 Å². The summed E-state index contributed by atoms with van der Waals surface area (Å²) >= 11 is 6.65. The fourth-order valence-corrected chi connectivity index (χ4v) is 3.35. The van der Waals surface area contributed by atoms with Crippen molar-refractivity contribution in [1.29, 1.82) is 0 Å². The largest absolute Gasteiger partial charge is 0.573 e. The first-order valence-corrected chi connectivity index (χ1v) is 9.25. The van der Waals surface area contributed by atoms with Crippen LogP contribution in [-0.2, 0) is 0 Å². The number of alkyl halides is 5. The molecule has 14 heteroatoms. The summed E-state index contributed by atoms with van der Waals surface area (Å²) in [5, 5.41) is 2.62. The number of anilines is 3. The van der Waals surface area contributed by atoms with Gasteiger partial charge in [0, 0.05) is 23.5 Å². The minimum absolute atomic E-state index is 0.0370. The molecule has 3 aromatic rings. The maximum absolute atomic E-state index is 12.6. The number of carbonyl (C=O) groups excluding carboxylic acids is 1. The summed E-state index contributed by atoms with van der Waals surface area (Å²) in [4.78, 5) is 20.2. The maximum Gasteiger partial charge on any atom is 0.573 e. The number of hydrogen-bond donors (Lipinski definition) is 2. The van der Waals surface area contributed by atoms with E-state index in [-0.39, 0.29) is 38.0 Å². The molecule has 0 aliphatic rings. The van der Waals surface area contributed by atoms with Crippen LogP contribution in [0.15, 0.2) is 36.5 Å². The first-order chi connectivity index (χ1) is 14.5. The van der Waals surface area contributed by atoms with Gasteiger partial charge in [0.15, 0.2) is 5.13 Å². The number of nitrogens with two attached hydrogens (primary N) is 1. The quantitative estimate of drug-likeness (QED) is 0.352. The Morgan fingerprint density at radius 3 is 2.55 bits per heavy atom. The molecule has 3 N–H and O–H groups in total. The predicted molar refractivity (Wildman–Crippen MR) is 102 cm³/mol. The van der Waals surface area contributed by atoms with Crippen molar-refractivity contribution in [3.8, 4) is 11.6 Å². The van der Waals surface area contributed by atoms with Gasteiger partial charge in [-0.3, -0.25) is 4.79 Å². The zero-order valence-electron chi connectivity index (χ0n) is 14.9. The molecule has 2 aromatic heterocycles. The Balaban J connectivity index is 1.75. The predicted octanol–water partition coefficient (Wildman–Crippen LogP) is 5.25. The van der Waals surface area contributed by atoms with Crippen molar-refractivity contribution < 1.29 is 36.2 Å². The van der Waals surface area contributed by atoms with Gasteiger partial charge < -0.3 is 20.5 Å². The lowest BCUT2D eigenvalue weighted by Gasteiger charge is -2.11. The van der Waals surface area contributed by atoms with Gasteiger partial charge in [0.25, 0.3) is 0 Å². The van der Waals surface area contributed by atoms with E-state index in [0.717, 1.165) is 29.7 Å². The molecular weight excluding hydrogens is 471 g/mol. The van der Waals surface area contributed by atoms with Crippen LogP contribution in [0.2, 0.25) is 5.02 Å². The standard InChI is InChI=1S/C17H10ClF5N4O3S/c18-9-5-8(2-3-10(9)30-17(21,22)23)26-16-27-14(24)13(31-16)12(28)7-1-4-11(25-6-7)29-15(19)20/h1-6,15H,24H2,(H,26,27). The van der Waals surface area contributed by atoms with Crippen LogP contribution >= 0.6 is 22.9 Å². The van der Waals surface area contributed by atoms with E-state index in [0.29, 0.717) is 0 Å². The molecule has 0 bridgehead atoms. The number of hydrogen-bond acceptors (Lipinski definition) is 8. The summed E-state index contributed by atoms with van der Waals surface area (Å²) < 4.78 is 69.2. The molecule has 1 aromatic carbocycles. The highest BCUT2D eigenvalue weighted by Crippen LogP contribution is 2.35. The minimum atomic E-state index is -4.89. The van der Waals surface area contributed by atoms with E-state index in [4.69, 9.17) is 17.3 Å². The van der Waals surface area contributed by atoms with Gasteiger partial charge in [0.05, 0.1) is 5.02 Å². The highest BCUT2D eigenvalue weighted by Gasteiger charge is 2.32. The third-order valence-electron chi connectivity index (χ3n) is 3.48. The number of thiazole rings is 1. The Kier molecular flexibility index (Phi) is 6.45. The second kappa shape index (κ2) is 8.89. The fraction of sp³-hybridized carbons (Fsp3) is 0.118. The van der Waals surface area contributed by atoms with Crippen LogP contribution in [0.3, 0.4) is 0 Å². The summed E-state index contributed by atoms with van der Waals surface area (Å²) in [6, 6.07) is 5.78. The SMILES string of the molecule is Nc1nc(Nc2ccc(OC(F)(F)F)c(Cl)c2)sc1C(=O)c1ccc(OC(F)F)nc1. The molecule has 0 atom stereocenters. The number of benzene rings is 1. The molecule has 164 valence electrons. The second-order valence-corrected chi connectivity index (χ2v) is 7.05. The van der Waals surface area contributed by atoms with E-state index in [1.54, 1.807) is 0 Å². The average Bonchev–Trinajstić information content (AvgIpc) is 3.02. The van der Waals surface area contributed by atoms with E-state index in [1.165, 1.54) is 18.2 Å². The monoisotopic (exact) mass is 480 g/mol. The zero-order valence-corrected chi connectivity index (χ0v) is 16.5. The van der Waals surface area contributed by atoms with Crippen molar-refractivity contribution >= 4 is 45.4 Å². The van der Waals surface area contributed by atoms with Crippen molar-refractivity contribution in [2.24, 2.45) is 0 Å². The Morgan fingerprint density at radius 1 is 1.23 bits per heavy atom. The normalized spacial score (nSPS) is 11.5. The van der Waals surface area contributed by atoms with E-state index >= 15 is 0 Å². The number of pyridine rings is 1. The Morgan fingerprint density at radius 2 is 1.97 bits per heavy atom. The molecule has 0 aliphatic carbocycles. The van der Waals surface area contributed by atoms with Crippen molar-refractivity contribution in [2.75, 3.05) is 11.1 Å². The summed E-state index contributed by atoms with van der Waals surface area (Å²) in [5.41, 5.74) is 6.10. The van der Waals surface area contributed by atoms with Gasteiger partial charge in [0.1, 0.15) is 16.4 Å². The van der Waals surface area contributed by atoms with Crippen LogP contribution in [0.25, 0.3) is 0 Å². The van der Waals surface area contributed by atoms with Crippen molar-refractivity contribution in [2.45, 2.75) is 13.0 Å². The van der Waals surface area contributed by atoms with Gasteiger partial charge >= 0.3 is 13.0 Å². The first kappa shape index (κ1) is 22.5. The molecule has 0 fully saturated rings. The van der Waals surface area contributed by atoms with Crippen LogP contribution in [-0.4, -0.2) is 28.7 Å². The summed E-state index contributed by atoms with van der Waals surface area (Å²) in [6.45, 7) is -3.05. The number of nitrogens with zero attached hydrogens (tertiary/aromatic N) is 2. The second-order valence-electron chi connectivity index (χ2n) is 5.64. The molecule has 0 aliphatic heterocycles. The average molecular weight is 481 g/mol. The van der Waals surface area contributed by atoms with Crippen LogP contribution in [0.5, 0.6) is 11.6 Å². The van der Waals surface area contributed by atoms with E-state index in [2.05, 4.69) is 24.8 Å². The van der Waals surface area contributed by atoms with Gasteiger partial charge in [-0.2, -0.15) is 8.78 Å². The van der Waals surface area contributed by atoms with Crippen molar-refractivity contribution in [3.05, 3.63) is 52.0 Å². The van der Waals surface area contributed by atoms with E-state index < -0.39 is 24.5 Å². The number of carbonyl (C=O) groups is 1. The molecule has 0 spiro atoms. The lowest BCUT2D eigenvalue weighted by molar-refractivity contribution is -0.274. The van der Waals surface area contributed by atoms with Gasteiger partial charge in [0.2, 0.25) is 11.7 Å². The van der Waals surface area contributed by atoms with Crippen LogP contribution in [0.4, 0.5) is 38.6 Å². The number of aromatic nitrogens is 2. The minimum Gasteiger partial charge on any atom is -0.417 e. The first-order valence-electron chi connectivity index (χ1n) is 8.06. The van der Waals surface area contributed by atoms with Crippen molar-refractivity contribution in [1.82, 2.24) is 9.97 Å². The lowest BCUT2D eigenvalue weighted by Crippen LogP contribution is -2.17. The molecule has 0 saturated carbocycles.